The van der Waals surface area contributed by atoms with Crippen LogP contribution in [-0.4, -0.2) is 41.9 Å². The maximum absolute atomic E-state index is 14.1. The number of piperazine rings is 1. The molecule has 0 bridgehead atoms. The van der Waals surface area contributed by atoms with Crippen LogP contribution in [0.5, 0.6) is 5.75 Å². The minimum atomic E-state index is -0.314. The van der Waals surface area contributed by atoms with Gasteiger partial charge in [0.1, 0.15) is 12.4 Å². The molecule has 0 aromatic heterocycles. The number of benzene rings is 3. The molecule has 1 fully saturated rings. The number of rotatable bonds is 6. The summed E-state index contributed by atoms with van der Waals surface area (Å²) in [5.41, 5.74) is 1.86. The smallest absolute Gasteiger partial charge is 0.253 e. The van der Waals surface area contributed by atoms with Gasteiger partial charge in [-0.05, 0) is 42.0 Å². The SMILES string of the molecule is O=C(c1cccc(COc2c(Cl)cc(Cl)cc2Cl)c1)N1CCN(Cc2c(F)cccc2Cl)CC1. The molecule has 9 heteroatoms. The zero-order chi connectivity index (χ0) is 24.2. The van der Waals surface area contributed by atoms with Crippen molar-refractivity contribution in [2.45, 2.75) is 13.2 Å². The van der Waals surface area contributed by atoms with Gasteiger partial charge in [-0.25, -0.2) is 4.39 Å². The Morgan fingerprint density at radius 2 is 1.56 bits per heavy atom. The molecule has 0 atom stereocenters. The maximum atomic E-state index is 14.1. The fraction of sp³-hybridized carbons (Fsp3) is 0.240. The minimum absolute atomic E-state index is 0.0621. The van der Waals surface area contributed by atoms with Crippen LogP contribution >= 0.6 is 46.4 Å². The van der Waals surface area contributed by atoms with E-state index in [1.54, 1.807) is 41.3 Å². The van der Waals surface area contributed by atoms with E-state index >= 15 is 0 Å². The Morgan fingerprint density at radius 1 is 0.882 bits per heavy atom. The van der Waals surface area contributed by atoms with Crippen LogP contribution in [0.4, 0.5) is 4.39 Å². The zero-order valence-corrected chi connectivity index (χ0v) is 21.1. The summed E-state index contributed by atoms with van der Waals surface area (Å²) < 4.78 is 19.9. The van der Waals surface area contributed by atoms with Crippen molar-refractivity contribution in [3.63, 3.8) is 0 Å². The maximum Gasteiger partial charge on any atom is 0.253 e. The molecule has 4 nitrogen and oxygen atoms in total. The van der Waals surface area contributed by atoms with Crippen molar-refractivity contribution in [3.05, 3.63) is 97.2 Å². The molecule has 1 heterocycles. The van der Waals surface area contributed by atoms with E-state index in [9.17, 15) is 9.18 Å². The summed E-state index contributed by atoms with van der Waals surface area (Å²) >= 11 is 24.4. The summed E-state index contributed by atoms with van der Waals surface area (Å²) in [5, 5.41) is 1.48. The Bertz CT molecular complexity index is 1160. The van der Waals surface area contributed by atoms with E-state index in [2.05, 4.69) is 4.90 Å². The molecule has 34 heavy (non-hydrogen) atoms. The Balaban J connectivity index is 1.36. The van der Waals surface area contributed by atoms with Gasteiger partial charge in [0.2, 0.25) is 0 Å². The van der Waals surface area contributed by atoms with Crippen LogP contribution in [0, 0.1) is 5.82 Å². The first-order valence-electron chi connectivity index (χ1n) is 10.6. The van der Waals surface area contributed by atoms with Crippen LogP contribution in [-0.2, 0) is 13.2 Å². The van der Waals surface area contributed by atoms with E-state index in [-0.39, 0.29) is 18.3 Å². The first-order valence-corrected chi connectivity index (χ1v) is 12.1. The third kappa shape index (κ3) is 5.96. The molecule has 3 aromatic rings. The van der Waals surface area contributed by atoms with Crippen molar-refractivity contribution in [1.29, 1.82) is 0 Å². The van der Waals surface area contributed by atoms with Crippen LogP contribution in [0.25, 0.3) is 0 Å². The Kier molecular flexibility index (Phi) is 8.22. The van der Waals surface area contributed by atoms with E-state index in [0.717, 1.165) is 5.56 Å². The summed E-state index contributed by atoms with van der Waals surface area (Å²) in [4.78, 5) is 17.0. The van der Waals surface area contributed by atoms with Gasteiger partial charge in [-0.2, -0.15) is 0 Å². The number of halogens is 5. The van der Waals surface area contributed by atoms with E-state index in [1.165, 1.54) is 6.07 Å². The minimum Gasteiger partial charge on any atom is -0.486 e. The third-order valence-electron chi connectivity index (χ3n) is 5.62. The topological polar surface area (TPSA) is 32.8 Å². The standard InChI is InChI=1S/C25H21Cl4FN2O2/c26-18-12-21(28)24(22(29)13-18)34-15-16-3-1-4-17(11-16)25(33)32-9-7-31(8-10-32)14-19-20(27)5-2-6-23(19)30/h1-6,11-13H,7-10,14-15H2. The normalized spacial score (nSPS) is 14.3. The van der Waals surface area contributed by atoms with Crippen molar-refractivity contribution in [3.8, 4) is 5.75 Å². The quantitative estimate of drug-likeness (QED) is 0.337. The molecule has 178 valence electrons. The number of carbonyl (C=O) groups excluding carboxylic acids is 1. The first-order chi connectivity index (χ1) is 16.3. The lowest BCUT2D eigenvalue weighted by Crippen LogP contribution is -2.48. The van der Waals surface area contributed by atoms with Crippen molar-refractivity contribution in [2.75, 3.05) is 26.2 Å². The molecule has 0 aliphatic carbocycles. The lowest BCUT2D eigenvalue weighted by atomic mass is 10.1. The molecule has 3 aromatic carbocycles. The van der Waals surface area contributed by atoms with E-state index in [0.29, 0.717) is 69.7 Å². The predicted molar refractivity (Wildman–Crippen MR) is 135 cm³/mol. The van der Waals surface area contributed by atoms with Crippen LogP contribution in [0.1, 0.15) is 21.5 Å². The average Bonchev–Trinajstić information content (AvgIpc) is 2.81. The summed E-state index contributed by atoms with van der Waals surface area (Å²) in [5.74, 6) is -0.0327. The summed E-state index contributed by atoms with van der Waals surface area (Å²) in [6.45, 7) is 2.96. The lowest BCUT2D eigenvalue weighted by molar-refractivity contribution is 0.0627. The van der Waals surface area contributed by atoms with Gasteiger partial charge in [0.15, 0.2) is 5.75 Å². The van der Waals surface area contributed by atoms with Crippen molar-refractivity contribution in [1.82, 2.24) is 9.80 Å². The molecular weight excluding hydrogens is 521 g/mol. The molecule has 0 spiro atoms. The van der Waals surface area contributed by atoms with Gasteiger partial charge < -0.3 is 9.64 Å². The highest BCUT2D eigenvalue weighted by molar-refractivity contribution is 6.40. The fourth-order valence-electron chi connectivity index (χ4n) is 3.82. The van der Waals surface area contributed by atoms with Crippen LogP contribution in [0.15, 0.2) is 54.6 Å². The van der Waals surface area contributed by atoms with Crippen molar-refractivity contribution < 1.29 is 13.9 Å². The summed E-state index contributed by atoms with van der Waals surface area (Å²) in [6, 6.07) is 15.1. The van der Waals surface area contributed by atoms with Gasteiger partial charge in [-0.15, -0.1) is 0 Å². The van der Waals surface area contributed by atoms with Gasteiger partial charge in [0.05, 0.1) is 10.0 Å². The Labute approximate surface area is 217 Å². The van der Waals surface area contributed by atoms with Gasteiger partial charge >= 0.3 is 0 Å². The molecule has 0 unspecified atom stereocenters. The molecule has 4 rings (SSSR count). The molecule has 1 saturated heterocycles. The Morgan fingerprint density at radius 3 is 2.24 bits per heavy atom. The average molecular weight is 542 g/mol. The largest absolute Gasteiger partial charge is 0.486 e. The van der Waals surface area contributed by atoms with Gasteiger partial charge in [-0.1, -0.05) is 64.6 Å². The first kappa shape index (κ1) is 25.1. The number of hydrogen-bond acceptors (Lipinski definition) is 3. The highest BCUT2D eigenvalue weighted by Crippen LogP contribution is 2.36. The molecule has 0 radical (unpaired) electrons. The van der Waals surface area contributed by atoms with Crippen LogP contribution in [0.3, 0.4) is 0 Å². The summed E-state index contributed by atoms with van der Waals surface area (Å²) in [6.07, 6.45) is 0. The molecule has 0 N–H and O–H groups in total. The van der Waals surface area contributed by atoms with E-state index in [4.69, 9.17) is 51.1 Å². The van der Waals surface area contributed by atoms with Gasteiger partial charge in [0.25, 0.3) is 5.91 Å². The number of nitrogens with zero attached hydrogens (tertiary/aromatic N) is 2. The fourth-order valence-corrected chi connectivity index (χ4v) is 4.96. The second kappa shape index (κ2) is 11.1. The number of hydrogen-bond donors (Lipinski definition) is 0. The second-order valence-corrected chi connectivity index (χ2v) is 9.61. The number of ether oxygens (including phenoxy) is 1. The molecule has 1 aliphatic heterocycles. The molecule has 0 saturated carbocycles. The van der Waals surface area contributed by atoms with E-state index in [1.807, 2.05) is 12.1 Å². The second-order valence-electron chi connectivity index (χ2n) is 7.96. The van der Waals surface area contributed by atoms with Crippen molar-refractivity contribution in [2.24, 2.45) is 0 Å². The number of carbonyl (C=O) groups is 1. The summed E-state index contributed by atoms with van der Waals surface area (Å²) in [7, 11) is 0. The monoisotopic (exact) mass is 540 g/mol. The third-order valence-corrected chi connectivity index (χ3v) is 6.76. The van der Waals surface area contributed by atoms with Crippen molar-refractivity contribution >= 4 is 52.3 Å². The van der Waals surface area contributed by atoms with Crippen LogP contribution in [0.2, 0.25) is 20.1 Å². The lowest BCUT2D eigenvalue weighted by Gasteiger charge is -2.35. The highest BCUT2D eigenvalue weighted by atomic mass is 35.5. The van der Waals surface area contributed by atoms with Crippen LogP contribution < -0.4 is 4.74 Å². The molecule has 1 amide bonds. The van der Waals surface area contributed by atoms with Gasteiger partial charge in [-0.3, -0.25) is 9.69 Å². The highest BCUT2D eigenvalue weighted by Gasteiger charge is 2.23. The Hall–Kier alpha value is -2.02. The number of amides is 1. The predicted octanol–water partition coefficient (Wildman–Crippen LogP) is 6.98. The van der Waals surface area contributed by atoms with E-state index < -0.39 is 0 Å². The molecular formula is C25H21Cl4FN2O2. The van der Waals surface area contributed by atoms with Gasteiger partial charge in [0, 0.05) is 53.9 Å². The zero-order valence-electron chi connectivity index (χ0n) is 18.0. The molecule has 1 aliphatic rings.